The summed E-state index contributed by atoms with van der Waals surface area (Å²) < 4.78 is 5.46. The Morgan fingerprint density at radius 2 is 0.671 bits per heavy atom. The molecule has 6 nitrogen and oxygen atoms in total. The average molecular weight is 989 g/mol. The van der Waals surface area contributed by atoms with Crippen molar-refractivity contribution in [3.63, 3.8) is 0 Å². The van der Waals surface area contributed by atoms with Gasteiger partial charge in [0.05, 0.1) is 25.4 Å². The van der Waals surface area contributed by atoms with E-state index in [1.165, 1.54) is 289 Å². The fourth-order valence-corrected chi connectivity index (χ4v) is 10.2. The van der Waals surface area contributed by atoms with E-state index < -0.39 is 12.1 Å². The molecule has 0 saturated heterocycles. The molecule has 2 atom stereocenters. The molecule has 1 amide bonds. The third kappa shape index (κ3) is 55.9. The first-order valence-corrected chi connectivity index (χ1v) is 31.9. The highest BCUT2D eigenvalue weighted by Crippen LogP contribution is 2.18. The van der Waals surface area contributed by atoms with Crippen molar-refractivity contribution in [3.8, 4) is 0 Å². The summed E-state index contributed by atoms with van der Waals surface area (Å²) in [5.41, 5.74) is 0. The van der Waals surface area contributed by atoms with Crippen LogP contribution in [0.5, 0.6) is 0 Å². The van der Waals surface area contributed by atoms with Gasteiger partial charge in [-0.3, -0.25) is 9.59 Å². The van der Waals surface area contributed by atoms with Crippen LogP contribution < -0.4 is 5.32 Å². The Labute approximate surface area is 438 Å². The first-order valence-electron chi connectivity index (χ1n) is 31.9. The van der Waals surface area contributed by atoms with E-state index in [-0.39, 0.29) is 18.5 Å². The smallest absolute Gasteiger partial charge is 0.305 e. The van der Waals surface area contributed by atoms with Crippen LogP contribution in [-0.4, -0.2) is 47.4 Å². The van der Waals surface area contributed by atoms with Gasteiger partial charge in [0.2, 0.25) is 5.91 Å². The number of esters is 1. The minimum atomic E-state index is -0.669. The number of amides is 1. The zero-order chi connectivity index (χ0) is 50.7. The Balaban J connectivity index is 3.42. The molecule has 0 spiro atoms. The molecule has 0 aromatic carbocycles. The van der Waals surface area contributed by atoms with Gasteiger partial charge in [0.1, 0.15) is 0 Å². The second kappa shape index (κ2) is 60.2. The van der Waals surface area contributed by atoms with Crippen molar-refractivity contribution in [1.29, 1.82) is 0 Å². The molecule has 0 aromatic rings. The van der Waals surface area contributed by atoms with Crippen molar-refractivity contribution in [3.05, 3.63) is 12.2 Å². The number of ether oxygens (including phenoxy) is 1. The van der Waals surface area contributed by atoms with Crippen molar-refractivity contribution >= 4 is 11.9 Å². The lowest BCUT2D eigenvalue weighted by Crippen LogP contribution is -2.45. The minimum absolute atomic E-state index is 0.00878. The summed E-state index contributed by atoms with van der Waals surface area (Å²) in [4.78, 5) is 24.5. The number of allylic oxidation sites excluding steroid dienone is 2. The lowest BCUT2D eigenvalue weighted by molar-refractivity contribution is -0.143. The van der Waals surface area contributed by atoms with Crippen molar-refractivity contribution in [1.82, 2.24) is 5.32 Å². The van der Waals surface area contributed by atoms with Crippen molar-refractivity contribution in [2.45, 2.75) is 373 Å². The van der Waals surface area contributed by atoms with Gasteiger partial charge in [-0.1, -0.05) is 309 Å². The molecule has 70 heavy (non-hydrogen) atoms. The summed E-state index contributed by atoms with van der Waals surface area (Å²) in [5, 5.41) is 23.4. The summed E-state index contributed by atoms with van der Waals surface area (Å²) in [5.74, 6) is -0.0299. The Hall–Kier alpha value is -1.40. The summed E-state index contributed by atoms with van der Waals surface area (Å²) in [6, 6.07) is -0.547. The third-order valence-corrected chi connectivity index (χ3v) is 15.1. The molecule has 0 heterocycles. The van der Waals surface area contributed by atoms with Crippen LogP contribution in [0.4, 0.5) is 0 Å². The van der Waals surface area contributed by atoms with Gasteiger partial charge in [-0.2, -0.15) is 0 Å². The van der Waals surface area contributed by atoms with Gasteiger partial charge in [0.15, 0.2) is 0 Å². The Kier molecular flexibility index (Phi) is 59.0. The molecule has 2 unspecified atom stereocenters. The average Bonchev–Trinajstić information content (AvgIpc) is 3.36. The Bertz CT molecular complexity index is 1050. The molecule has 416 valence electrons. The van der Waals surface area contributed by atoms with Gasteiger partial charge in [0.25, 0.3) is 0 Å². The number of nitrogens with one attached hydrogen (secondary N) is 1. The summed E-state index contributed by atoms with van der Waals surface area (Å²) in [7, 11) is 0. The van der Waals surface area contributed by atoms with Crippen LogP contribution >= 0.6 is 0 Å². The number of aliphatic hydroxyl groups excluding tert-OH is 2. The van der Waals surface area contributed by atoms with E-state index in [1.54, 1.807) is 0 Å². The molecule has 3 N–H and O–H groups in total. The standard InChI is InChI=1S/C64H125NO5/c1-3-5-7-9-11-13-15-16-17-18-19-21-24-27-30-33-37-40-44-48-52-56-62(67)61(60-66)65-63(68)57-53-49-45-41-38-34-31-28-25-22-20-23-26-29-32-35-39-43-47-51-55-59-70-64(69)58-54-50-46-42-36-14-12-10-8-6-4-2/h22,25,61-62,66-67H,3-21,23-24,26-60H2,1-2H3,(H,65,68)/b25-22-. The van der Waals surface area contributed by atoms with Gasteiger partial charge in [0, 0.05) is 12.8 Å². The highest BCUT2D eigenvalue weighted by atomic mass is 16.5. The third-order valence-electron chi connectivity index (χ3n) is 15.1. The molecule has 0 radical (unpaired) electrons. The first kappa shape index (κ1) is 68.6. The molecule has 0 aliphatic carbocycles. The number of carbonyl (C=O) groups is 2. The SMILES string of the molecule is CCCCCCCCCCCCCCCCCCCCCCCC(O)C(CO)NC(=O)CCCCCCCCC/C=C\CCCCCCCCCCCCOC(=O)CCCCCCCCCCCCC. The highest BCUT2D eigenvalue weighted by Gasteiger charge is 2.20. The largest absolute Gasteiger partial charge is 0.466 e. The lowest BCUT2D eigenvalue weighted by atomic mass is 10.0. The van der Waals surface area contributed by atoms with Crippen LogP contribution in [0.15, 0.2) is 12.2 Å². The van der Waals surface area contributed by atoms with E-state index >= 15 is 0 Å². The summed E-state index contributed by atoms with van der Waals surface area (Å²) in [6.07, 6.45) is 72.2. The number of carbonyl (C=O) groups excluding carboxylic acids is 2. The number of hydrogen-bond donors (Lipinski definition) is 3. The summed E-state index contributed by atoms with van der Waals surface area (Å²) >= 11 is 0. The van der Waals surface area contributed by atoms with E-state index in [1.807, 2.05) is 0 Å². The van der Waals surface area contributed by atoms with Crippen LogP contribution in [-0.2, 0) is 14.3 Å². The number of rotatable bonds is 60. The van der Waals surface area contributed by atoms with Crippen molar-refractivity contribution < 1.29 is 24.5 Å². The summed E-state index contributed by atoms with van der Waals surface area (Å²) in [6.45, 7) is 4.97. The van der Waals surface area contributed by atoms with Gasteiger partial charge in [-0.25, -0.2) is 0 Å². The van der Waals surface area contributed by atoms with Crippen molar-refractivity contribution in [2.24, 2.45) is 0 Å². The van der Waals surface area contributed by atoms with Gasteiger partial charge >= 0.3 is 5.97 Å². The quantitative estimate of drug-likeness (QED) is 0.0321. The van der Waals surface area contributed by atoms with E-state index in [2.05, 4.69) is 31.3 Å². The second-order valence-electron chi connectivity index (χ2n) is 22.1. The molecule has 0 aliphatic heterocycles. The fourth-order valence-electron chi connectivity index (χ4n) is 10.2. The van der Waals surface area contributed by atoms with E-state index in [0.29, 0.717) is 25.9 Å². The first-order chi connectivity index (χ1) is 34.5. The maximum atomic E-state index is 12.5. The normalized spacial score (nSPS) is 12.6. The van der Waals surface area contributed by atoms with E-state index in [9.17, 15) is 19.8 Å². The molecular weight excluding hydrogens is 863 g/mol. The van der Waals surface area contributed by atoms with Crippen LogP contribution in [0.2, 0.25) is 0 Å². The molecule has 0 fully saturated rings. The molecule has 6 heteroatoms. The second-order valence-corrected chi connectivity index (χ2v) is 22.1. The topological polar surface area (TPSA) is 95.9 Å². The predicted octanol–water partition coefficient (Wildman–Crippen LogP) is 20.0. The maximum absolute atomic E-state index is 12.5. The fraction of sp³-hybridized carbons (Fsp3) is 0.938. The zero-order valence-electron chi connectivity index (χ0n) is 47.5. The van der Waals surface area contributed by atoms with Crippen molar-refractivity contribution in [2.75, 3.05) is 13.2 Å². The molecule has 0 saturated carbocycles. The Morgan fingerprint density at radius 3 is 1.01 bits per heavy atom. The van der Waals surface area contributed by atoms with E-state index in [4.69, 9.17) is 4.74 Å². The van der Waals surface area contributed by atoms with Crippen LogP contribution in [0.1, 0.15) is 361 Å². The Morgan fingerprint density at radius 1 is 0.386 bits per heavy atom. The predicted molar refractivity (Wildman–Crippen MR) is 306 cm³/mol. The maximum Gasteiger partial charge on any atom is 0.305 e. The van der Waals surface area contributed by atoms with Crippen LogP contribution in [0.25, 0.3) is 0 Å². The molecule has 0 bridgehead atoms. The van der Waals surface area contributed by atoms with Crippen LogP contribution in [0.3, 0.4) is 0 Å². The monoisotopic (exact) mass is 988 g/mol. The zero-order valence-corrected chi connectivity index (χ0v) is 47.5. The molecule has 0 rings (SSSR count). The van der Waals surface area contributed by atoms with E-state index in [0.717, 1.165) is 38.5 Å². The lowest BCUT2D eigenvalue weighted by Gasteiger charge is -2.22. The highest BCUT2D eigenvalue weighted by molar-refractivity contribution is 5.76. The minimum Gasteiger partial charge on any atom is -0.466 e. The van der Waals surface area contributed by atoms with Gasteiger partial charge in [-0.15, -0.1) is 0 Å². The molecule has 0 aliphatic rings. The number of hydrogen-bond acceptors (Lipinski definition) is 5. The van der Waals surface area contributed by atoms with Crippen LogP contribution in [0, 0.1) is 0 Å². The van der Waals surface area contributed by atoms with Gasteiger partial charge < -0.3 is 20.3 Å². The van der Waals surface area contributed by atoms with Gasteiger partial charge in [-0.05, 0) is 51.4 Å². The molecule has 0 aromatic heterocycles. The number of aliphatic hydroxyl groups is 2. The molecular formula is C64H125NO5. The number of unbranched alkanes of at least 4 members (excludes halogenated alkanes) is 47.